The number of carbonyl (C=O) groups is 2. The Labute approximate surface area is 170 Å². The smallest absolute Gasteiger partial charge is 0.408 e. The van der Waals surface area contributed by atoms with E-state index in [1.807, 2.05) is 42.5 Å². The van der Waals surface area contributed by atoms with Gasteiger partial charge < -0.3 is 20.3 Å². The molecule has 1 N–H and O–H groups in total. The van der Waals surface area contributed by atoms with Gasteiger partial charge in [-0.25, -0.2) is 4.79 Å². The highest BCUT2D eigenvalue weighted by molar-refractivity contribution is 6.28. The highest BCUT2D eigenvalue weighted by atomic mass is 16.6. The molecule has 7 nitrogen and oxygen atoms in total. The Bertz CT molecular complexity index is 867. The number of ether oxygens (including phenoxy) is 2. The van der Waals surface area contributed by atoms with Crippen molar-refractivity contribution in [1.29, 1.82) is 0 Å². The third-order valence-electron chi connectivity index (χ3n) is 3.83. The molecule has 0 aliphatic carbocycles. The van der Waals surface area contributed by atoms with Gasteiger partial charge in [0.05, 0.1) is 0 Å². The molecule has 0 heterocycles. The van der Waals surface area contributed by atoms with Crippen LogP contribution in [-0.2, 0) is 22.6 Å². The number of nitrogens with zero attached hydrogens (tertiary/aromatic N) is 2. The monoisotopic (exact) mass is 395 g/mol. The van der Waals surface area contributed by atoms with Crippen LogP contribution in [0.15, 0.2) is 54.6 Å². The Balaban J connectivity index is 2.01. The van der Waals surface area contributed by atoms with Crippen LogP contribution in [-0.4, -0.2) is 34.5 Å². The van der Waals surface area contributed by atoms with E-state index in [0.29, 0.717) is 12.4 Å². The molecule has 0 unspecified atom stereocenters. The molecule has 2 aromatic carbocycles. The fraction of sp³-hybridized carbons (Fsp3) is 0.318. The average molecular weight is 395 g/mol. The van der Waals surface area contributed by atoms with Crippen molar-refractivity contribution in [2.75, 3.05) is 0 Å². The van der Waals surface area contributed by atoms with Crippen LogP contribution in [0, 0.1) is 0 Å². The van der Waals surface area contributed by atoms with Crippen LogP contribution in [0.1, 0.15) is 31.9 Å². The van der Waals surface area contributed by atoms with E-state index in [1.54, 1.807) is 32.9 Å². The van der Waals surface area contributed by atoms with E-state index >= 15 is 0 Å². The zero-order chi connectivity index (χ0) is 21.3. The minimum atomic E-state index is -0.920. The molecule has 152 valence electrons. The molecule has 0 aromatic heterocycles. The molecule has 0 fully saturated rings. The van der Waals surface area contributed by atoms with Gasteiger partial charge in [0.1, 0.15) is 24.0 Å². The van der Waals surface area contributed by atoms with Gasteiger partial charge in [0.2, 0.25) is 0 Å². The Hall–Kier alpha value is -3.44. The molecule has 0 saturated heterocycles. The van der Waals surface area contributed by atoms with Crippen LogP contribution in [0.25, 0.3) is 5.53 Å². The number of hydrogen-bond acceptors (Lipinski definition) is 4. The number of ketones is 1. The third kappa shape index (κ3) is 7.99. The molecule has 0 spiro atoms. The summed E-state index contributed by atoms with van der Waals surface area (Å²) in [5.41, 5.74) is 9.82. The topological polar surface area (TPSA) is 101 Å². The van der Waals surface area contributed by atoms with Gasteiger partial charge >= 0.3 is 12.3 Å². The molecule has 0 radical (unpaired) electrons. The Morgan fingerprint density at radius 1 is 1.07 bits per heavy atom. The van der Waals surface area contributed by atoms with Gasteiger partial charge in [0, 0.05) is 6.42 Å². The molecule has 2 rings (SSSR count). The first-order valence-corrected chi connectivity index (χ1v) is 9.23. The van der Waals surface area contributed by atoms with Gasteiger partial charge in [0.15, 0.2) is 0 Å². The van der Waals surface area contributed by atoms with Crippen molar-refractivity contribution in [3.05, 3.63) is 71.3 Å². The molecule has 0 saturated carbocycles. The predicted molar refractivity (Wildman–Crippen MR) is 109 cm³/mol. The van der Waals surface area contributed by atoms with Crippen LogP contribution >= 0.6 is 0 Å². The van der Waals surface area contributed by atoms with Gasteiger partial charge in [0.25, 0.3) is 5.78 Å². The normalized spacial score (nSPS) is 11.7. The lowest BCUT2D eigenvalue weighted by Crippen LogP contribution is -2.45. The van der Waals surface area contributed by atoms with Crippen molar-refractivity contribution in [1.82, 2.24) is 5.32 Å². The number of hydrogen-bond donors (Lipinski definition) is 1. The van der Waals surface area contributed by atoms with Gasteiger partial charge in [-0.2, -0.15) is 4.79 Å². The van der Waals surface area contributed by atoms with Crippen molar-refractivity contribution in [3.63, 3.8) is 0 Å². The number of benzene rings is 2. The van der Waals surface area contributed by atoms with Crippen molar-refractivity contribution < 1.29 is 23.9 Å². The summed E-state index contributed by atoms with van der Waals surface area (Å²) >= 11 is 0. The minimum absolute atomic E-state index is 0.211. The standard InChI is InChI=1S/C22H25N3O4/c1-22(2,3)29-21(27)25-19(20(26)14-24-23)13-16-9-11-18(12-10-16)28-15-17-7-5-4-6-8-17/h4-12,14,19H,13,15H2,1-3H3,(H,25,27)/t19-/m1/s1. The lowest BCUT2D eigenvalue weighted by molar-refractivity contribution is -0.118. The van der Waals surface area contributed by atoms with Crippen LogP contribution in [0.2, 0.25) is 0 Å². The second-order valence-corrected chi connectivity index (χ2v) is 7.47. The summed E-state index contributed by atoms with van der Waals surface area (Å²) in [6.07, 6.45) is 0.257. The number of amides is 1. The quantitative estimate of drug-likeness (QED) is 0.419. The number of carbonyl (C=O) groups excluding carboxylic acids is 2. The fourth-order valence-electron chi connectivity index (χ4n) is 2.52. The highest BCUT2D eigenvalue weighted by Gasteiger charge is 2.25. The van der Waals surface area contributed by atoms with E-state index in [2.05, 4.69) is 10.1 Å². The average Bonchev–Trinajstić information content (AvgIpc) is 2.66. The lowest BCUT2D eigenvalue weighted by Gasteiger charge is -2.22. The van der Waals surface area contributed by atoms with Crippen LogP contribution < -0.4 is 10.1 Å². The molecule has 0 aliphatic rings. The highest BCUT2D eigenvalue weighted by Crippen LogP contribution is 2.16. The summed E-state index contributed by atoms with van der Waals surface area (Å²) in [6.45, 7) is 5.64. The second-order valence-electron chi connectivity index (χ2n) is 7.47. The van der Waals surface area contributed by atoms with Crippen molar-refractivity contribution in [2.24, 2.45) is 0 Å². The zero-order valence-electron chi connectivity index (χ0n) is 16.8. The molecular weight excluding hydrogens is 370 g/mol. The first kappa shape index (κ1) is 21.9. The maximum absolute atomic E-state index is 12.2. The Morgan fingerprint density at radius 2 is 1.72 bits per heavy atom. The Morgan fingerprint density at radius 3 is 2.31 bits per heavy atom. The van der Waals surface area contributed by atoms with E-state index < -0.39 is 23.5 Å². The number of nitrogens with one attached hydrogen (secondary N) is 1. The second kappa shape index (κ2) is 10.2. The number of rotatable bonds is 8. The molecule has 2 aromatic rings. The SMILES string of the molecule is CC(C)(C)OC(=O)N[C@H](Cc1ccc(OCc2ccccc2)cc1)C(=O)C=[N+]=[N-]. The van der Waals surface area contributed by atoms with Gasteiger partial charge in [-0.3, -0.25) is 4.79 Å². The summed E-state index contributed by atoms with van der Waals surface area (Å²) in [5.74, 6) is 0.153. The molecule has 7 heteroatoms. The summed E-state index contributed by atoms with van der Waals surface area (Å²) in [6, 6.07) is 16.1. The minimum Gasteiger partial charge on any atom is -0.489 e. The lowest BCUT2D eigenvalue weighted by atomic mass is 10.0. The van der Waals surface area contributed by atoms with Crippen molar-refractivity contribution in [2.45, 2.75) is 45.4 Å². The summed E-state index contributed by atoms with van der Waals surface area (Å²) in [5, 5.41) is 2.52. The van der Waals surface area contributed by atoms with E-state index in [0.717, 1.165) is 17.3 Å². The zero-order valence-corrected chi connectivity index (χ0v) is 16.8. The maximum Gasteiger partial charge on any atom is 0.408 e. The Kier molecular flexibility index (Phi) is 7.69. The van der Waals surface area contributed by atoms with Gasteiger partial charge in [-0.1, -0.05) is 42.5 Å². The summed E-state index contributed by atoms with van der Waals surface area (Å²) < 4.78 is 10.9. The summed E-state index contributed by atoms with van der Waals surface area (Å²) in [7, 11) is 0. The molecule has 1 atom stereocenters. The van der Waals surface area contributed by atoms with Crippen LogP contribution in [0.4, 0.5) is 4.79 Å². The molecule has 0 aliphatic heterocycles. The molecule has 1 amide bonds. The molecular formula is C22H25N3O4. The van der Waals surface area contributed by atoms with Gasteiger partial charge in [-0.05, 0) is 44.0 Å². The van der Waals surface area contributed by atoms with E-state index in [4.69, 9.17) is 15.0 Å². The van der Waals surface area contributed by atoms with Crippen LogP contribution in [0.5, 0.6) is 5.75 Å². The number of alkyl carbamates (subject to hydrolysis) is 1. The molecule has 29 heavy (non-hydrogen) atoms. The summed E-state index contributed by atoms with van der Waals surface area (Å²) in [4.78, 5) is 27.0. The molecule has 0 bridgehead atoms. The van der Waals surface area contributed by atoms with Gasteiger partial charge in [-0.15, -0.1) is 0 Å². The van der Waals surface area contributed by atoms with Crippen LogP contribution in [0.3, 0.4) is 0 Å². The first-order valence-electron chi connectivity index (χ1n) is 9.23. The predicted octanol–water partition coefficient (Wildman–Crippen LogP) is 3.57. The number of Topliss-reactive ketones (excluding diaryl/α,β-unsaturated/α-hetero) is 1. The first-order chi connectivity index (χ1) is 13.8. The van der Waals surface area contributed by atoms with Crippen molar-refractivity contribution >= 4 is 18.1 Å². The fourth-order valence-corrected chi connectivity index (χ4v) is 2.52. The van der Waals surface area contributed by atoms with E-state index in [1.165, 1.54) is 0 Å². The maximum atomic E-state index is 12.2. The van der Waals surface area contributed by atoms with Crippen molar-refractivity contribution in [3.8, 4) is 5.75 Å². The van der Waals surface area contributed by atoms with E-state index in [-0.39, 0.29) is 6.42 Å². The largest absolute Gasteiger partial charge is 0.489 e. The third-order valence-corrected chi connectivity index (χ3v) is 3.83. The van der Waals surface area contributed by atoms with E-state index in [9.17, 15) is 9.59 Å².